The van der Waals surface area contributed by atoms with Crippen LogP contribution < -0.4 is 9.64 Å². The number of benzene rings is 2. The minimum atomic E-state index is -0.293. The Kier molecular flexibility index (Phi) is 7.53. The first kappa shape index (κ1) is 25.1. The Morgan fingerprint density at radius 2 is 1.89 bits per heavy atom. The minimum absolute atomic E-state index is 0.107. The van der Waals surface area contributed by atoms with Gasteiger partial charge in [-0.25, -0.2) is 0 Å². The van der Waals surface area contributed by atoms with Crippen molar-refractivity contribution in [3.05, 3.63) is 68.8 Å². The van der Waals surface area contributed by atoms with Gasteiger partial charge in [0, 0.05) is 19.7 Å². The Morgan fingerprint density at radius 1 is 1.11 bits per heavy atom. The number of likely N-dealkylation sites (N-methyl/N-ethyl adjacent to an activating group) is 1. The number of thiophene rings is 1. The van der Waals surface area contributed by atoms with Crippen LogP contribution in [0.25, 0.3) is 11.1 Å². The molecule has 5 rings (SSSR count). The van der Waals surface area contributed by atoms with E-state index in [0.717, 1.165) is 30.8 Å². The van der Waals surface area contributed by atoms with E-state index >= 15 is 0 Å². The fraction of sp³-hybridized carbons (Fsp3) is 0.333. The Hall–Kier alpha value is -2.58. The smallest absolute Gasteiger partial charge is 0.265 e. The SMILES string of the molecule is CN(C(=O)CN1C(=O)COc2cc(Cl)c(Cl)cc21)C(CN1CCCC1)c1cccc(-c2ccsc2)c1. The zero-order valence-corrected chi connectivity index (χ0v) is 22.3. The van der Waals surface area contributed by atoms with Crippen molar-refractivity contribution in [3.8, 4) is 16.9 Å². The second-order valence-electron chi connectivity index (χ2n) is 9.17. The molecule has 1 aromatic heterocycles. The van der Waals surface area contributed by atoms with Crippen LogP contribution in [-0.2, 0) is 9.59 Å². The third kappa shape index (κ3) is 5.25. The van der Waals surface area contributed by atoms with Crippen LogP contribution in [0.4, 0.5) is 5.69 Å². The van der Waals surface area contributed by atoms with Crippen molar-refractivity contribution in [2.45, 2.75) is 18.9 Å². The highest BCUT2D eigenvalue weighted by Gasteiger charge is 2.32. The molecule has 0 radical (unpaired) electrons. The minimum Gasteiger partial charge on any atom is -0.482 e. The molecular weight excluding hydrogens is 517 g/mol. The number of hydrogen-bond donors (Lipinski definition) is 0. The van der Waals surface area contributed by atoms with Crippen molar-refractivity contribution in [1.82, 2.24) is 9.80 Å². The number of halogens is 2. The normalized spacial score (nSPS) is 16.5. The maximum Gasteiger partial charge on any atom is 0.265 e. The summed E-state index contributed by atoms with van der Waals surface area (Å²) in [5.74, 6) is -0.0119. The molecule has 1 atom stereocenters. The van der Waals surface area contributed by atoms with E-state index in [1.54, 1.807) is 28.4 Å². The van der Waals surface area contributed by atoms with Crippen molar-refractivity contribution in [2.24, 2.45) is 0 Å². The van der Waals surface area contributed by atoms with E-state index in [1.165, 1.54) is 23.3 Å². The number of fused-ring (bicyclic) bond motifs is 1. The lowest BCUT2D eigenvalue weighted by molar-refractivity contribution is -0.133. The Morgan fingerprint density at radius 3 is 2.64 bits per heavy atom. The summed E-state index contributed by atoms with van der Waals surface area (Å²) in [5, 5.41) is 4.83. The average molecular weight is 545 g/mol. The molecule has 1 fully saturated rings. The number of rotatable bonds is 7. The molecule has 0 bridgehead atoms. The molecule has 3 heterocycles. The monoisotopic (exact) mass is 543 g/mol. The largest absolute Gasteiger partial charge is 0.482 e. The quantitative estimate of drug-likeness (QED) is 0.381. The Labute approximate surface area is 225 Å². The number of hydrogen-bond acceptors (Lipinski definition) is 5. The first-order valence-corrected chi connectivity index (χ1v) is 13.6. The summed E-state index contributed by atoms with van der Waals surface area (Å²) in [4.78, 5) is 32.0. The number of nitrogens with zero attached hydrogens (tertiary/aromatic N) is 3. The third-order valence-electron chi connectivity index (χ3n) is 6.85. The fourth-order valence-electron chi connectivity index (χ4n) is 4.81. The average Bonchev–Trinajstić information content (AvgIpc) is 3.60. The lowest BCUT2D eigenvalue weighted by Gasteiger charge is -2.35. The molecule has 2 aromatic carbocycles. The van der Waals surface area contributed by atoms with Crippen LogP contribution in [0.1, 0.15) is 24.4 Å². The lowest BCUT2D eigenvalue weighted by atomic mass is 9.99. The molecule has 36 heavy (non-hydrogen) atoms. The zero-order chi connectivity index (χ0) is 25.2. The van der Waals surface area contributed by atoms with Gasteiger partial charge in [-0.3, -0.25) is 14.5 Å². The predicted octanol–water partition coefficient (Wildman–Crippen LogP) is 5.74. The van der Waals surface area contributed by atoms with Gasteiger partial charge in [-0.05, 0) is 71.6 Å². The van der Waals surface area contributed by atoms with Crippen molar-refractivity contribution in [2.75, 3.05) is 44.7 Å². The van der Waals surface area contributed by atoms with E-state index in [9.17, 15) is 9.59 Å². The van der Waals surface area contributed by atoms with Crippen LogP contribution in [0.15, 0.2) is 53.2 Å². The summed E-state index contributed by atoms with van der Waals surface area (Å²) in [5.41, 5.74) is 3.83. The number of anilines is 1. The van der Waals surface area contributed by atoms with E-state index in [1.807, 2.05) is 13.1 Å². The first-order valence-electron chi connectivity index (χ1n) is 11.9. The second-order valence-corrected chi connectivity index (χ2v) is 10.8. The number of carbonyl (C=O) groups is 2. The van der Waals surface area contributed by atoms with Gasteiger partial charge in [0.1, 0.15) is 12.3 Å². The summed E-state index contributed by atoms with van der Waals surface area (Å²) < 4.78 is 5.53. The summed E-state index contributed by atoms with van der Waals surface area (Å²) in [7, 11) is 1.82. The highest BCUT2D eigenvalue weighted by atomic mass is 35.5. The van der Waals surface area contributed by atoms with Gasteiger partial charge in [-0.2, -0.15) is 11.3 Å². The maximum atomic E-state index is 13.6. The van der Waals surface area contributed by atoms with Gasteiger partial charge in [-0.15, -0.1) is 0 Å². The molecule has 3 aromatic rings. The Bertz CT molecular complexity index is 1260. The van der Waals surface area contributed by atoms with Crippen LogP contribution in [-0.4, -0.2) is 61.4 Å². The van der Waals surface area contributed by atoms with Crippen LogP contribution >= 0.6 is 34.5 Å². The zero-order valence-electron chi connectivity index (χ0n) is 20.0. The summed E-state index contributed by atoms with van der Waals surface area (Å²) in [6.07, 6.45) is 2.34. The molecule has 0 N–H and O–H groups in total. The van der Waals surface area contributed by atoms with Gasteiger partial charge in [0.2, 0.25) is 5.91 Å². The lowest BCUT2D eigenvalue weighted by Crippen LogP contribution is -2.47. The van der Waals surface area contributed by atoms with Gasteiger partial charge in [0.05, 0.1) is 21.8 Å². The maximum absolute atomic E-state index is 13.6. The molecular formula is C27H27Cl2N3O3S. The van der Waals surface area contributed by atoms with Gasteiger partial charge < -0.3 is 14.5 Å². The molecule has 2 aliphatic heterocycles. The molecule has 0 saturated carbocycles. The van der Waals surface area contributed by atoms with E-state index in [4.69, 9.17) is 27.9 Å². The summed E-state index contributed by atoms with van der Waals surface area (Å²) >= 11 is 14.0. The standard InChI is InChI=1S/C27H27Cl2N3O3S/c1-30(26(33)15-32-23-12-21(28)22(29)13-25(23)35-16-27(32)34)24(14-31-8-2-3-9-31)19-6-4-5-18(11-19)20-7-10-36-17-20/h4-7,10-13,17,24H,2-3,8-9,14-16H2,1H3. The van der Waals surface area contributed by atoms with Crippen molar-refractivity contribution in [3.63, 3.8) is 0 Å². The van der Waals surface area contributed by atoms with E-state index < -0.39 is 0 Å². The first-order chi connectivity index (χ1) is 17.4. The van der Waals surface area contributed by atoms with Gasteiger partial charge >= 0.3 is 0 Å². The van der Waals surface area contributed by atoms with Crippen LogP contribution in [0.5, 0.6) is 5.75 Å². The number of ether oxygens (including phenoxy) is 1. The van der Waals surface area contributed by atoms with E-state index in [-0.39, 0.29) is 31.0 Å². The van der Waals surface area contributed by atoms with Gasteiger partial charge in [-0.1, -0.05) is 41.4 Å². The summed E-state index contributed by atoms with van der Waals surface area (Å²) in [6, 6.07) is 13.5. The van der Waals surface area contributed by atoms with Crippen LogP contribution in [0.2, 0.25) is 10.0 Å². The molecule has 1 unspecified atom stereocenters. The summed E-state index contributed by atoms with van der Waals surface area (Å²) in [6.45, 7) is 2.53. The van der Waals surface area contributed by atoms with E-state index in [0.29, 0.717) is 21.5 Å². The number of likely N-dealkylation sites (tertiary alicyclic amines) is 1. The van der Waals surface area contributed by atoms with Crippen molar-refractivity contribution < 1.29 is 14.3 Å². The second kappa shape index (κ2) is 10.8. The number of amides is 2. The van der Waals surface area contributed by atoms with Crippen LogP contribution in [0.3, 0.4) is 0 Å². The molecule has 0 aliphatic carbocycles. The third-order valence-corrected chi connectivity index (χ3v) is 8.26. The molecule has 188 valence electrons. The Balaban J connectivity index is 1.42. The van der Waals surface area contributed by atoms with Gasteiger partial charge in [0.15, 0.2) is 6.61 Å². The molecule has 9 heteroatoms. The molecule has 2 amide bonds. The van der Waals surface area contributed by atoms with Crippen molar-refractivity contribution in [1.29, 1.82) is 0 Å². The fourth-order valence-corrected chi connectivity index (χ4v) is 5.78. The highest BCUT2D eigenvalue weighted by Crippen LogP contribution is 2.39. The number of carbonyl (C=O) groups excluding carboxylic acids is 2. The highest BCUT2D eigenvalue weighted by molar-refractivity contribution is 7.08. The molecule has 6 nitrogen and oxygen atoms in total. The topological polar surface area (TPSA) is 53.1 Å². The van der Waals surface area contributed by atoms with E-state index in [2.05, 4.69) is 39.9 Å². The predicted molar refractivity (Wildman–Crippen MR) is 145 cm³/mol. The van der Waals surface area contributed by atoms with Crippen molar-refractivity contribution >= 4 is 52.0 Å². The molecule has 0 spiro atoms. The van der Waals surface area contributed by atoms with Gasteiger partial charge in [0.25, 0.3) is 5.91 Å². The molecule has 2 aliphatic rings. The molecule has 1 saturated heterocycles. The van der Waals surface area contributed by atoms with Crippen LogP contribution in [0, 0.1) is 0 Å².